The number of aryl methyl sites for hydroxylation is 2. The van der Waals surface area contributed by atoms with Gasteiger partial charge in [0, 0.05) is 20.1 Å². The summed E-state index contributed by atoms with van der Waals surface area (Å²) < 4.78 is 15.7. The highest BCUT2D eigenvalue weighted by Gasteiger charge is 2.19. The molecule has 0 saturated heterocycles. The van der Waals surface area contributed by atoms with Crippen LogP contribution in [-0.2, 0) is 0 Å². The second kappa shape index (κ2) is 5.73. The minimum Gasteiger partial charge on any atom is -0.384 e. The van der Waals surface area contributed by atoms with Crippen molar-refractivity contribution in [3.05, 3.63) is 67.3 Å². The lowest BCUT2D eigenvalue weighted by Crippen LogP contribution is -2.05. The van der Waals surface area contributed by atoms with Crippen LogP contribution in [0.4, 0.5) is 4.39 Å². The van der Waals surface area contributed by atoms with Crippen molar-refractivity contribution < 1.29 is 9.50 Å². The molecule has 0 aliphatic heterocycles. The summed E-state index contributed by atoms with van der Waals surface area (Å²) >= 11 is 6.85. The van der Waals surface area contributed by atoms with E-state index >= 15 is 0 Å². The first kappa shape index (κ1) is 14.7. The summed E-state index contributed by atoms with van der Waals surface area (Å²) in [4.78, 5) is 0. The quantitative estimate of drug-likeness (QED) is 0.764. The minimum absolute atomic E-state index is 0.288. The highest BCUT2D eigenvalue weighted by Crippen LogP contribution is 2.34. The van der Waals surface area contributed by atoms with Crippen LogP contribution < -0.4 is 0 Å². The van der Waals surface area contributed by atoms with Crippen molar-refractivity contribution in [2.75, 3.05) is 0 Å². The number of hydrogen-bond acceptors (Lipinski definition) is 1. The summed E-state index contributed by atoms with van der Waals surface area (Å²) in [5.74, 6) is -0.362. The second-order valence-electron chi connectivity index (χ2n) is 4.50. The van der Waals surface area contributed by atoms with E-state index in [0.29, 0.717) is 11.1 Å². The summed E-state index contributed by atoms with van der Waals surface area (Å²) in [6.45, 7) is 3.64. The van der Waals surface area contributed by atoms with Crippen molar-refractivity contribution in [1.29, 1.82) is 0 Å². The maximum Gasteiger partial charge on any atom is 0.132 e. The molecule has 4 heteroatoms. The van der Waals surface area contributed by atoms with E-state index in [4.69, 9.17) is 0 Å². The Balaban J connectivity index is 2.53. The zero-order valence-electron chi connectivity index (χ0n) is 10.5. The van der Waals surface area contributed by atoms with Crippen molar-refractivity contribution in [2.45, 2.75) is 20.0 Å². The van der Waals surface area contributed by atoms with E-state index in [0.717, 1.165) is 14.5 Å². The fourth-order valence-corrected chi connectivity index (χ4v) is 2.96. The number of benzene rings is 2. The molecule has 0 fully saturated rings. The van der Waals surface area contributed by atoms with Crippen LogP contribution in [-0.4, -0.2) is 5.11 Å². The van der Waals surface area contributed by atoms with Crippen LogP contribution in [0.1, 0.15) is 28.4 Å². The third kappa shape index (κ3) is 2.91. The molecule has 19 heavy (non-hydrogen) atoms. The Kier molecular flexibility index (Phi) is 4.43. The Morgan fingerprint density at radius 2 is 1.68 bits per heavy atom. The van der Waals surface area contributed by atoms with Crippen LogP contribution in [0.25, 0.3) is 0 Å². The Hall–Kier alpha value is -0.710. The van der Waals surface area contributed by atoms with Gasteiger partial charge in [-0.25, -0.2) is 4.39 Å². The molecule has 1 N–H and O–H groups in total. The Morgan fingerprint density at radius 3 is 2.37 bits per heavy atom. The predicted octanol–water partition coefficient (Wildman–Crippen LogP) is 5.05. The van der Waals surface area contributed by atoms with Crippen LogP contribution in [0.15, 0.2) is 39.3 Å². The molecule has 0 aliphatic rings. The van der Waals surface area contributed by atoms with Gasteiger partial charge in [0.15, 0.2) is 0 Å². The molecule has 100 valence electrons. The molecular weight excluding hydrogens is 375 g/mol. The Morgan fingerprint density at radius 1 is 1.00 bits per heavy atom. The average molecular weight is 388 g/mol. The normalized spacial score (nSPS) is 12.5. The first-order valence-corrected chi connectivity index (χ1v) is 7.39. The lowest BCUT2D eigenvalue weighted by Gasteiger charge is -2.16. The molecule has 0 aliphatic carbocycles. The number of aliphatic hydroxyl groups excluding tert-OH is 1. The zero-order valence-corrected chi connectivity index (χ0v) is 13.7. The maximum absolute atomic E-state index is 14.1. The largest absolute Gasteiger partial charge is 0.384 e. The van der Waals surface area contributed by atoms with Gasteiger partial charge in [-0.2, -0.15) is 0 Å². The zero-order chi connectivity index (χ0) is 14.2. The molecule has 1 atom stereocenters. The van der Waals surface area contributed by atoms with Crippen molar-refractivity contribution in [3.63, 3.8) is 0 Å². The minimum atomic E-state index is -0.994. The van der Waals surface area contributed by atoms with Gasteiger partial charge < -0.3 is 5.11 Å². The molecule has 0 amide bonds. The van der Waals surface area contributed by atoms with Gasteiger partial charge in [0.2, 0.25) is 0 Å². The molecule has 0 bridgehead atoms. The van der Waals surface area contributed by atoms with E-state index in [1.165, 1.54) is 0 Å². The molecule has 0 heterocycles. The van der Waals surface area contributed by atoms with Crippen molar-refractivity contribution in [3.8, 4) is 0 Å². The molecule has 2 aromatic rings. The van der Waals surface area contributed by atoms with Crippen LogP contribution in [0.3, 0.4) is 0 Å². The van der Waals surface area contributed by atoms with Gasteiger partial charge in [-0.05, 0) is 37.1 Å². The molecule has 0 saturated carbocycles. The smallest absolute Gasteiger partial charge is 0.132 e. The van der Waals surface area contributed by atoms with E-state index in [9.17, 15) is 9.50 Å². The highest BCUT2D eigenvalue weighted by molar-refractivity contribution is 9.11. The summed E-state index contributed by atoms with van der Waals surface area (Å²) in [6.07, 6.45) is -0.994. The van der Waals surface area contributed by atoms with Gasteiger partial charge >= 0.3 is 0 Å². The van der Waals surface area contributed by atoms with Crippen LogP contribution in [0, 0.1) is 19.7 Å². The third-order valence-corrected chi connectivity index (χ3v) is 4.63. The molecule has 1 nitrogen and oxygen atoms in total. The molecule has 0 aromatic heterocycles. The highest BCUT2D eigenvalue weighted by atomic mass is 79.9. The van der Waals surface area contributed by atoms with E-state index in [2.05, 4.69) is 31.9 Å². The van der Waals surface area contributed by atoms with E-state index in [-0.39, 0.29) is 11.4 Å². The number of rotatable bonds is 2. The predicted molar refractivity (Wildman–Crippen MR) is 81.8 cm³/mol. The van der Waals surface area contributed by atoms with Crippen LogP contribution in [0.5, 0.6) is 0 Å². The first-order chi connectivity index (χ1) is 8.91. The first-order valence-electron chi connectivity index (χ1n) is 5.80. The van der Waals surface area contributed by atoms with Gasteiger partial charge in [0.25, 0.3) is 0 Å². The van der Waals surface area contributed by atoms with Crippen molar-refractivity contribution in [1.82, 2.24) is 0 Å². The molecule has 2 aromatic carbocycles. The topological polar surface area (TPSA) is 20.2 Å². The van der Waals surface area contributed by atoms with Crippen molar-refractivity contribution >= 4 is 31.9 Å². The van der Waals surface area contributed by atoms with Gasteiger partial charge in [0.1, 0.15) is 11.9 Å². The summed E-state index contributed by atoms with van der Waals surface area (Å²) in [7, 11) is 0. The Bertz CT molecular complexity index is 626. The SMILES string of the molecule is Cc1cc(Br)c(C(O)c2cccc(C)c2F)cc1Br. The van der Waals surface area contributed by atoms with Crippen molar-refractivity contribution in [2.24, 2.45) is 0 Å². The summed E-state index contributed by atoms with van der Waals surface area (Å²) in [6, 6.07) is 8.75. The lowest BCUT2D eigenvalue weighted by atomic mass is 9.98. The fraction of sp³-hybridized carbons (Fsp3) is 0.200. The molecule has 2 rings (SSSR count). The molecule has 1 unspecified atom stereocenters. The fourth-order valence-electron chi connectivity index (χ4n) is 1.92. The van der Waals surface area contributed by atoms with Gasteiger partial charge in [0.05, 0.1) is 0 Å². The monoisotopic (exact) mass is 386 g/mol. The van der Waals surface area contributed by atoms with Gasteiger partial charge in [-0.15, -0.1) is 0 Å². The average Bonchev–Trinajstić information content (AvgIpc) is 2.36. The maximum atomic E-state index is 14.1. The lowest BCUT2D eigenvalue weighted by molar-refractivity contribution is 0.214. The van der Waals surface area contributed by atoms with Crippen LogP contribution >= 0.6 is 31.9 Å². The Labute approximate surface area is 128 Å². The summed E-state index contributed by atoms with van der Waals surface area (Å²) in [5, 5.41) is 10.4. The van der Waals surface area contributed by atoms with Gasteiger partial charge in [-0.1, -0.05) is 50.1 Å². The second-order valence-corrected chi connectivity index (χ2v) is 6.21. The summed E-state index contributed by atoms with van der Waals surface area (Å²) in [5.41, 5.74) is 2.50. The molecule has 0 radical (unpaired) electrons. The van der Waals surface area contributed by atoms with E-state index < -0.39 is 6.10 Å². The van der Waals surface area contributed by atoms with Crippen LogP contribution in [0.2, 0.25) is 0 Å². The van der Waals surface area contributed by atoms with E-state index in [1.54, 1.807) is 25.1 Å². The van der Waals surface area contributed by atoms with E-state index in [1.807, 2.05) is 19.1 Å². The number of aliphatic hydroxyl groups is 1. The standard InChI is InChI=1S/C15H13Br2FO/c1-8-4-3-5-10(14(8)18)15(19)11-7-12(16)9(2)6-13(11)17/h3-7,15,19H,1-2H3. The van der Waals surface area contributed by atoms with Gasteiger partial charge in [-0.3, -0.25) is 0 Å². The number of hydrogen-bond donors (Lipinski definition) is 1. The molecular formula is C15H13Br2FO. The molecule has 0 spiro atoms. The third-order valence-electron chi connectivity index (χ3n) is 3.09. The number of halogens is 3.